The number of aryl methyl sites for hydroxylation is 1. The van der Waals surface area contributed by atoms with Crippen molar-refractivity contribution in [3.63, 3.8) is 0 Å². The summed E-state index contributed by atoms with van der Waals surface area (Å²) in [5.41, 5.74) is 1.09. The lowest BCUT2D eigenvalue weighted by molar-refractivity contribution is -0.138. The number of sulfonamides is 1. The third-order valence-electron chi connectivity index (χ3n) is 4.42. The number of thiol groups is 1. The Balaban J connectivity index is 2.03. The summed E-state index contributed by atoms with van der Waals surface area (Å²) >= 11 is 4.36. The standard InChI is InChI=1S/C20H15F4NO2S2/c1-11-2-3-14(8-16(11)20(22,23)24)15-6-4-13(10-18(15)28)12-5-7-19(17(21)9-12)29(25,26)27/h2-10,28H,1H3,(H2,25,26,27). The molecule has 0 atom stereocenters. The Morgan fingerprint density at radius 1 is 0.897 bits per heavy atom. The Kier molecular flexibility index (Phi) is 5.50. The van der Waals surface area contributed by atoms with Crippen LogP contribution in [-0.2, 0) is 16.2 Å². The molecule has 0 heterocycles. The Morgan fingerprint density at radius 3 is 2.03 bits per heavy atom. The molecular weight excluding hydrogens is 426 g/mol. The molecule has 0 radical (unpaired) electrons. The highest BCUT2D eigenvalue weighted by molar-refractivity contribution is 7.89. The van der Waals surface area contributed by atoms with Crippen LogP contribution in [0.3, 0.4) is 0 Å². The molecule has 152 valence electrons. The molecule has 0 saturated carbocycles. The quantitative estimate of drug-likeness (QED) is 0.421. The van der Waals surface area contributed by atoms with Gasteiger partial charge in [-0.15, -0.1) is 12.6 Å². The topological polar surface area (TPSA) is 60.2 Å². The van der Waals surface area contributed by atoms with E-state index in [0.717, 1.165) is 18.2 Å². The summed E-state index contributed by atoms with van der Waals surface area (Å²) in [4.78, 5) is -0.237. The van der Waals surface area contributed by atoms with E-state index in [4.69, 9.17) is 5.14 Å². The molecule has 2 N–H and O–H groups in total. The molecule has 0 fully saturated rings. The Labute approximate surface area is 170 Å². The Bertz CT molecular complexity index is 1210. The minimum absolute atomic E-state index is 0.115. The van der Waals surface area contributed by atoms with Crippen molar-refractivity contribution in [2.24, 2.45) is 5.14 Å². The van der Waals surface area contributed by atoms with Gasteiger partial charge in [-0.3, -0.25) is 0 Å². The van der Waals surface area contributed by atoms with Crippen LogP contribution in [0, 0.1) is 12.7 Å². The number of hydrogen-bond donors (Lipinski definition) is 2. The average Bonchev–Trinajstić information content (AvgIpc) is 2.60. The predicted molar refractivity (Wildman–Crippen MR) is 106 cm³/mol. The zero-order valence-electron chi connectivity index (χ0n) is 15.0. The van der Waals surface area contributed by atoms with Crippen molar-refractivity contribution < 1.29 is 26.0 Å². The van der Waals surface area contributed by atoms with Gasteiger partial charge in [0.1, 0.15) is 10.7 Å². The van der Waals surface area contributed by atoms with Gasteiger partial charge in [0.2, 0.25) is 10.0 Å². The fourth-order valence-electron chi connectivity index (χ4n) is 2.96. The number of halogens is 4. The summed E-state index contributed by atoms with van der Waals surface area (Å²) in [6.45, 7) is 1.39. The molecule has 3 aromatic carbocycles. The van der Waals surface area contributed by atoms with Crippen LogP contribution in [0.25, 0.3) is 22.3 Å². The molecule has 0 aliphatic carbocycles. The van der Waals surface area contributed by atoms with Crippen LogP contribution in [0.4, 0.5) is 17.6 Å². The summed E-state index contributed by atoms with van der Waals surface area (Å²) in [6, 6.07) is 12.2. The molecule has 0 aromatic heterocycles. The molecule has 3 rings (SSSR count). The zero-order chi connectivity index (χ0) is 21.6. The monoisotopic (exact) mass is 441 g/mol. The molecule has 3 nitrogen and oxygen atoms in total. The third kappa shape index (κ3) is 4.47. The van der Waals surface area contributed by atoms with Crippen molar-refractivity contribution >= 4 is 22.7 Å². The average molecular weight is 441 g/mol. The summed E-state index contributed by atoms with van der Waals surface area (Å²) in [6.07, 6.45) is -4.47. The second-order valence-corrected chi connectivity index (χ2v) is 8.46. The van der Waals surface area contributed by atoms with Gasteiger partial charge in [0.25, 0.3) is 0 Å². The molecule has 0 aliphatic rings. The molecule has 9 heteroatoms. The second kappa shape index (κ2) is 7.47. The van der Waals surface area contributed by atoms with Crippen LogP contribution in [0.5, 0.6) is 0 Å². The molecule has 0 saturated heterocycles. The number of benzene rings is 3. The lowest BCUT2D eigenvalue weighted by Gasteiger charge is -2.14. The minimum Gasteiger partial charge on any atom is -0.225 e. The molecule has 0 unspecified atom stereocenters. The van der Waals surface area contributed by atoms with Gasteiger partial charge in [-0.05, 0) is 59.0 Å². The van der Waals surface area contributed by atoms with E-state index in [-0.39, 0.29) is 5.56 Å². The maximum Gasteiger partial charge on any atom is 0.416 e. The van der Waals surface area contributed by atoms with E-state index in [2.05, 4.69) is 12.6 Å². The van der Waals surface area contributed by atoms with Crippen molar-refractivity contribution in [2.75, 3.05) is 0 Å². The summed E-state index contributed by atoms with van der Waals surface area (Å²) in [5.74, 6) is -0.997. The SMILES string of the molecule is Cc1ccc(-c2ccc(-c3ccc(S(N)(=O)=O)c(F)c3)cc2S)cc1C(F)(F)F. The summed E-state index contributed by atoms with van der Waals surface area (Å²) < 4.78 is 76.3. The first kappa shape index (κ1) is 21.4. The first-order valence-electron chi connectivity index (χ1n) is 8.22. The molecule has 0 spiro atoms. The number of primary sulfonamides is 1. The molecule has 29 heavy (non-hydrogen) atoms. The first-order valence-corrected chi connectivity index (χ1v) is 10.2. The largest absolute Gasteiger partial charge is 0.416 e. The van der Waals surface area contributed by atoms with Gasteiger partial charge < -0.3 is 0 Å². The van der Waals surface area contributed by atoms with Gasteiger partial charge >= 0.3 is 6.18 Å². The Hall–Kier alpha value is -2.36. The van der Waals surface area contributed by atoms with Crippen LogP contribution < -0.4 is 5.14 Å². The van der Waals surface area contributed by atoms with Crippen molar-refractivity contribution in [3.05, 3.63) is 71.5 Å². The Morgan fingerprint density at radius 2 is 1.48 bits per heavy atom. The maximum atomic E-state index is 14.1. The lowest BCUT2D eigenvalue weighted by Crippen LogP contribution is -2.13. The van der Waals surface area contributed by atoms with E-state index < -0.39 is 32.5 Å². The fraction of sp³-hybridized carbons (Fsp3) is 0.100. The lowest BCUT2D eigenvalue weighted by atomic mass is 9.97. The number of hydrogen-bond acceptors (Lipinski definition) is 3. The van der Waals surface area contributed by atoms with Gasteiger partial charge in [0.15, 0.2) is 0 Å². The number of rotatable bonds is 3. The maximum absolute atomic E-state index is 14.1. The van der Waals surface area contributed by atoms with Gasteiger partial charge in [0, 0.05) is 4.90 Å². The molecule has 0 bridgehead atoms. The van der Waals surface area contributed by atoms with E-state index in [9.17, 15) is 26.0 Å². The summed E-state index contributed by atoms with van der Waals surface area (Å²) in [7, 11) is -4.19. The van der Waals surface area contributed by atoms with E-state index in [1.54, 1.807) is 24.3 Å². The predicted octanol–water partition coefficient (Wildman–Crippen LogP) is 5.42. The van der Waals surface area contributed by atoms with Crippen molar-refractivity contribution in [1.82, 2.24) is 0 Å². The van der Waals surface area contributed by atoms with Crippen molar-refractivity contribution in [3.8, 4) is 22.3 Å². The highest BCUT2D eigenvalue weighted by Crippen LogP contribution is 2.37. The first-order chi connectivity index (χ1) is 13.4. The number of nitrogens with two attached hydrogens (primary N) is 1. The van der Waals surface area contributed by atoms with Crippen LogP contribution in [0.2, 0.25) is 0 Å². The fourth-order valence-corrected chi connectivity index (χ4v) is 3.89. The number of alkyl halides is 3. The highest BCUT2D eigenvalue weighted by Gasteiger charge is 2.32. The van der Waals surface area contributed by atoms with Gasteiger partial charge in [0.05, 0.1) is 5.56 Å². The van der Waals surface area contributed by atoms with Crippen LogP contribution in [0.1, 0.15) is 11.1 Å². The third-order valence-corrected chi connectivity index (χ3v) is 5.74. The van der Waals surface area contributed by atoms with Gasteiger partial charge in [-0.25, -0.2) is 17.9 Å². The van der Waals surface area contributed by atoms with E-state index in [0.29, 0.717) is 27.1 Å². The van der Waals surface area contributed by atoms with Crippen LogP contribution in [-0.4, -0.2) is 8.42 Å². The molecule has 3 aromatic rings. The summed E-state index contributed by atoms with van der Waals surface area (Å²) in [5, 5.41) is 4.95. The zero-order valence-corrected chi connectivity index (χ0v) is 16.7. The second-order valence-electron chi connectivity index (χ2n) is 6.45. The van der Waals surface area contributed by atoms with Crippen molar-refractivity contribution in [2.45, 2.75) is 22.9 Å². The van der Waals surface area contributed by atoms with Crippen LogP contribution in [0.15, 0.2) is 64.4 Å². The van der Waals surface area contributed by atoms with Gasteiger partial charge in [-0.2, -0.15) is 13.2 Å². The van der Waals surface area contributed by atoms with E-state index in [1.165, 1.54) is 19.1 Å². The normalized spacial score (nSPS) is 12.2. The molecule has 0 amide bonds. The van der Waals surface area contributed by atoms with E-state index in [1.807, 2.05) is 0 Å². The highest BCUT2D eigenvalue weighted by atomic mass is 32.2. The smallest absolute Gasteiger partial charge is 0.225 e. The molecule has 0 aliphatic heterocycles. The van der Waals surface area contributed by atoms with Crippen LogP contribution >= 0.6 is 12.6 Å². The minimum atomic E-state index is -4.47. The van der Waals surface area contributed by atoms with E-state index >= 15 is 0 Å². The molecular formula is C20H15F4NO2S2. The van der Waals surface area contributed by atoms with Gasteiger partial charge in [-0.1, -0.05) is 30.3 Å². The van der Waals surface area contributed by atoms with Crippen molar-refractivity contribution in [1.29, 1.82) is 0 Å².